The first-order valence-electron chi connectivity index (χ1n) is 6.52. The molecule has 0 radical (unpaired) electrons. The van der Waals surface area contributed by atoms with Crippen LogP contribution in [-0.4, -0.2) is 28.3 Å². The van der Waals surface area contributed by atoms with Crippen molar-refractivity contribution in [2.45, 2.75) is 26.2 Å². The first kappa shape index (κ1) is 15.9. The van der Waals surface area contributed by atoms with Gasteiger partial charge in [0.2, 0.25) is 7.37 Å². The molecule has 0 aromatic heterocycles. The molecule has 5 heteroatoms. The maximum atomic E-state index is 12.1. The van der Waals surface area contributed by atoms with Gasteiger partial charge in [-0.25, -0.2) is 0 Å². The van der Waals surface area contributed by atoms with Gasteiger partial charge in [0.25, 0.3) is 0 Å². The van der Waals surface area contributed by atoms with Crippen LogP contribution in [0, 0.1) is 5.92 Å². The van der Waals surface area contributed by atoms with Crippen LogP contribution >= 0.6 is 7.37 Å². The number of aliphatic carboxylic acids is 1. The van der Waals surface area contributed by atoms with Crippen molar-refractivity contribution in [3.05, 3.63) is 35.9 Å². The van der Waals surface area contributed by atoms with E-state index in [1.54, 1.807) is 0 Å². The van der Waals surface area contributed by atoms with Crippen LogP contribution < -0.4 is 0 Å². The topological polar surface area (TPSA) is 74.6 Å². The van der Waals surface area contributed by atoms with Gasteiger partial charge in [0.15, 0.2) is 0 Å². The molecule has 19 heavy (non-hydrogen) atoms. The van der Waals surface area contributed by atoms with Gasteiger partial charge >= 0.3 is 5.97 Å². The predicted molar refractivity (Wildman–Crippen MR) is 75.7 cm³/mol. The number of aryl methyl sites for hydroxylation is 1. The average Bonchev–Trinajstić information content (AvgIpc) is 2.37. The quantitative estimate of drug-likeness (QED) is 0.720. The zero-order valence-electron chi connectivity index (χ0n) is 11.2. The Morgan fingerprint density at radius 1 is 1.32 bits per heavy atom. The average molecular weight is 284 g/mol. The zero-order chi connectivity index (χ0) is 14.3. The van der Waals surface area contributed by atoms with Crippen molar-refractivity contribution in [1.82, 2.24) is 0 Å². The second-order valence-corrected chi connectivity index (χ2v) is 7.32. The second-order valence-electron chi connectivity index (χ2n) is 4.81. The van der Waals surface area contributed by atoms with Crippen LogP contribution in [0.15, 0.2) is 30.3 Å². The first-order valence-corrected chi connectivity index (χ1v) is 8.55. The first-order chi connectivity index (χ1) is 8.94. The third kappa shape index (κ3) is 6.04. The summed E-state index contributed by atoms with van der Waals surface area (Å²) >= 11 is 0. The van der Waals surface area contributed by atoms with Gasteiger partial charge in [-0.15, -0.1) is 0 Å². The van der Waals surface area contributed by atoms with Crippen LogP contribution in [0.1, 0.15) is 25.3 Å². The van der Waals surface area contributed by atoms with E-state index in [1.165, 1.54) is 0 Å². The number of carbonyl (C=O) groups is 1. The van der Waals surface area contributed by atoms with Gasteiger partial charge in [0, 0.05) is 12.3 Å². The highest BCUT2D eigenvalue weighted by molar-refractivity contribution is 7.58. The molecule has 1 rings (SSSR count). The molecule has 2 N–H and O–H groups in total. The minimum absolute atomic E-state index is 0.122. The molecule has 1 aromatic rings. The Kier molecular flexibility index (Phi) is 6.26. The Morgan fingerprint density at radius 2 is 1.95 bits per heavy atom. The summed E-state index contributed by atoms with van der Waals surface area (Å²) in [6.45, 7) is 1.88. The summed E-state index contributed by atoms with van der Waals surface area (Å²) in [4.78, 5) is 20.9. The molecule has 0 saturated heterocycles. The van der Waals surface area contributed by atoms with E-state index in [4.69, 9.17) is 5.11 Å². The maximum Gasteiger partial charge on any atom is 0.307 e. The number of hydrogen-bond donors (Lipinski definition) is 2. The fourth-order valence-corrected chi connectivity index (χ4v) is 3.84. The minimum Gasteiger partial charge on any atom is -0.481 e. The lowest BCUT2D eigenvalue weighted by molar-refractivity contribution is -0.141. The fourth-order valence-electron chi connectivity index (χ4n) is 2.03. The number of carboxylic acids is 1. The van der Waals surface area contributed by atoms with E-state index in [-0.39, 0.29) is 12.3 Å². The van der Waals surface area contributed by atoms with Crippen molar-refractivity contribution < 1.29 is 19.4 Å². The molecule has 2 atom stereocenters. The second kappa shape index (κ2) is 7.46. The fraction of sp³-hybridized carbons (Fsp3) is 0.500. The summed E-state index contributed by atoms with van der Waals surface area (Å²) in [6.07, 6.45) is 1.68. The largest absolute Gasteiger partial charge is 0.481 e. The van der Waals surface area contributed by atoms with Crippen molar-refractivity contribution in [3.63, 3.8) is 0 Å². The highest BCUT2D eigenvalue weighted by Gasteiger charge is 2.27. The highest BCUT2D eigenvalue weighted by atomic mass is 31.2. The Hall–Kier alpha value is -1.12. The Labute approximate surface area is 113 Å². The van der Waals surface area contributed by atoms with Crippen molar-refractivity contribution in [1.29, 1.82) is 0 Å². The minimum atomic E-state index is -3.38. The maximum absolute atomic E-state index is 12.1. The summed E-state index contributed by atoms with van der Waals surface area (Å²) in [7, 11) is -3.38. The Bertz CT molecular complexity index is 444. The molecule has 0 bridgehead atoms. The molecule has 0 aliphatic carbocycles. The van der Waals surface area contributed by atoms with Crippen molar-refractivity contribution in [3.8, 4) is 0 Å². The van der Waals surface area contributed by atoms with Crippen LogP contribution in [0.25, 0.3) is 0 Å². The standard InChI is InChI=1S/C14H21O4P/c1-2-6-13(14(15)16)11-19(17,18)10-9-12-7-4-3-5-8-12/h3-5,7-8,13H,2,6,9-11H2,1H3,(H,15,16)(H,17,18). The Balaban J connectivity index is 2.55. The molecule has 1 aromatic carbocycles. The molecule has 4 nitrogen and oxygen atoms in total. The molecule has 0 spiro atoms. The van der Waals surface area contributed by atoms with Gasteiger partial charge in [-0.3, -0.25) is 9.36 Å². The molecule has 2 unspecified atom stereocenters. The number of benzene rings is 1. The van der Waals surface area contributed by atoms with Gasteiger partial charge in [0.1, 0.15) is 0 Å². The number of carboxylic acid groups (broad SMARTS) is 1. The summed E-state index contributed by atoms with van der Waals surface area (Å²) in [6, 6.07) is 9.47. The molecular formula is C14H21O4P. The lowest BCUT2D eigenvalue weighted by Crippen LogP contribution is -2.19. The van der Waals surface area contributed by atoms with E-state index >= 15 is 0 Å². The van der Waals surface area contributed by atoms with E-state index in [0.717, 1.165) is 5.56 Å². The number of hydrogen-bond acceptors (Lipinski definition) is 2. The van der Waals surface area contributed by atoms with Crippen molar-refractivity contribution in [2.75, 3.05) is 12.3 Å². The van der Waals surface area contributed by atoms with Crippen molar-refractivity contribution >= 4 is 13.3 Å². The van der Waals surface area contributed by atoms with Gasteiger partial charge in [-0.2, -0.15) is 0 Å². The van der Waals surface area contributed by atoms with Gasteiger partial charge < -0.3 is 10.00 Å². The van der Waals surface area contributed by atoms with E-state index < -0.39 is 19.3 Å². The van der Waals surface area contributed by atoms with E-state index in [1.807, 2.05) is 37.3 Å². The third-order valence-corrected chi connectivity index (χ3v) is 5.02. The molecule has 0 heterocycles. The van der Waals surface area contributed by atoms with E-state index in [0.29, 0.717) is 19.3 Å². The molecule has 0 aliphatic rings. The van der Waals surface area contributed by atoms with Crippen LogP contribution in [0.4, 0.5) is 0 Å². The Morgan fingerprint density at radius 3 is 2.47 bits per heavy atom. The smallest absolute Gasteiger partial charge is 0.307 e. The van der Waals surface area contributed by atoms with Crippen LogP contribution in [0.5, 0.6) is 0 Å². The summed E-state index contributed by atoms with van der Waals surface area (Å²) in [5.41, 5.74) is 0.999. The van der Waals surface area contributed by atoms with Crippen LogP contribution in [-0.2, 0) is 15.8 Å². The van der Waals surface area contributed by atoms with Crippen LogP contribution in [0.3, 0.4) is 0 Å². The molecular weight excluding hydrogens is 263 g/mol. The normalized spacial score (nSPS) is 15.7. The van der Waals surface area contributed by atoms with Crippen LogP contribution in [0.2, 0.25) is 0 Å². The number of rotatable bonds is 8. The van der Waals surface area contributed by atoms with E-state index in [9.17, 15) is 14.3 Å². The van der Waals surface area contributed by atoms with Gasteiger partial charge in [-0.1, -0.05) is 43.7 Å². The molecule has 0 fully saturated rings. The predicted octanol–water partition coefficient (Wildman–Crippen LogP) is 3.00. The summed E-state index contributed by atoms with van der Waals surface area (Å²) < 4.78 is 12.1. The molecule has 106 valence electrons. The molecule has 0 amide bonds. The SMILES string of the molecule is CCCC(CP(=O)(O)CCc1ccccc1)C(=O)O. The monoisotopic (exact) mass is 284 g/mol. The van der Waals surface area contributed by atoms with E-state index in [2.05, 4.69) is 0 Å². The lowest BCUT2D eigenvalue weighted by atomic mass is 10.1. The van der Waals surface area contributed by atoms with Gasteiger partial charge in [0.05, 0.1) is 5.92 Å². The highest BCUT2D eigenvalue weighted by Crippen LogP contribution is 2.43. The third-order valence-electron chi connectivity index (χ3n) is 3.08. The molecule has 0 saturated carbocycles. The summed E-state index contributed by atoms with van der Waals surface area (Å²) in [5.74, 6) is -1.69. The summed E-state index contributed by atoms with van der Waals surface area (Å²) in [5, 5.41) is 9.02. The molecule has 0 aliphatic heterocycles. The van der Waals surface area contributed by atoms with Crippen molar-refractivity contribution in [2.24, 2.45) is 5.92 Å². The lowest BCUT2D eigenvalue weighted by Gasteiger charge is -2.16. The zero-order valence-corrected chi connectivity index (χ0v) is 12.1. The van der Waals surface area contributed by atoms with Gasteiger partial charge in [-0.05, 0) is 18.4 Å².